The van der Waals surface area contributed by atoms with Gasteiger partial charge in [-0.05, 0) is 30.7 Å². The topological polar surface area (TPSA) is 20.2 Å². The van der Waals surface area contributed by atoms with Crippen LogP contribution in [-0.2, 0) is 0 Å². The molecule has 1 aromatic carbocycles. The van der Waals surface area contributed by atoms with E-state index in [9.17, 15) is 5.11 Å². The zero-order valence-corrected chi connectivity index (χ0v) is 10.1. The minimum Gasteiger partial charge on any atom is -0.392 e. The first-order valence-electron chi connectivity index (χ1n) is 6.54. The van der Waals surface area contributed by atoms with E-state index in [1.54, 1.807) is 0 Å². The fourth-order valence-electron chi connectivity index (χ4n) is 2.44. The first-order chi connectivity index (χ1) is 7.81. The molecule has 2 unspecified atom stereocenters. The van der Waals surface area contributed by atoms with Gasteiger partial charge in [0.2, 0.25) is 0 Å². The number of hydrogen-bond donors (Lipinski definition) is 1. The third kappa shape index (κ3) is 3.08. The lowest BCUT2D eigenvalue weighted by atomic mass is 9.88. The van der Waals surface area contributed by atoms with E-state index in [2.05, 4.69) is 31.2 Å². The maximum Gasteiger partial charge on any atom is 0.0608 e. The van der Waals surface area contributed by atoms with Gasteiger partial charge >= 0.3 is 0 Å². The van der Waals surface area contributed by atoms with Gasteiger partial charge in [-0.15, -0.1) is 0 Å². The Labute approximate surface area is 98.5 Å². The number of aliphatic hydroxyl groups is 1. The van der Waals surface area contributed by atoms with Crippen molar-refractivity contribution in [3.8, 4) is 0 Å². The molecular weight excluding hydrogens is 196 g/mol. The Morgan fingerprint density at radius 3 is 2.50 bits per heavy atom. The van der Waals surface area contributed by atoms with Gasteiger partial charge in [0, 0.05) is 5.92 Å². The summed E-state index contributed by atoms with van der Waals surface area (Å²) in [6.07, 6.45) is 5.82. The predicted molar refractivity (Wildman–Crippen MR) is 67.4 cm³/mol. The minimum absolute atomic E-state index is 0.159. The molecule has 1 N–H and O–H groups in total. The van der Waals surface area contributed by atoms with Crippen LogP contribution < -0.4 is 0 Å². The first-order valence-corrected chi connectivity index (χ1v) is 6.54. The molecule has 1 fully saturated rings. The zero-order chi connectivity index (χ0) is 11.4. The summed E-state index contributed by atoms with van der Waals surface area (Å²) in [4.78, 5) is 0. The van der Waals surface area contributed by atoms with Crippen molar-refractivity contribution in [3.05, 3.63) is 35.9 Å². The fraction of sp³-hybridized carbons (Fsp3) is 0.600. The molecule has 1 saturated carbocycles. The van der Waals surface area contributed by atoms with Gasteiger partial charge in [-0.25, -0.2) is 0 Å². The van der Waals surface area contributed by atoms with Crippen LogP contribution >= 0.6 is 0 Å². The van der Waals surface area contributed by atoms with Crippen molar-refractivity contribution in [2.75, 3.05) is 0 Å². The van der Waals surface area contributed by atoms with Gasteiger partial charge in [0.15, 0.2) is 0 Å². The molecule has 0 amide bonds. The summed E-state index contributed by atoms with van der Waals surface area (Å²) in [5.41, 5.74) is 1.29. The van der Waals surface area contributed by atoms with Crippen LogP contribution in [0.2, 0.25) is 0 Å². The molecule has 0 aromatic heterocycles. The maximum absolute atomic E-state index is 10.2. The molecule has 2 rings (SSSR count). The molecule has 88 valence electrons. The molecule has 2 atom stereocenters. The van der Waals surface area contributed by atoms with Crippen LogP contribution in [0.4, 0.5) is 0 Å². The highest BCUT2D eigenvalue weighted by molar-refractivity contribution is 5.20. The molecule has 1 nitrogen and oxygen atoms in total. The summed E-state index contributed by atoms with van der Waals surface area (Å²) in [6, 6.07) is 10.4. The van der Waals surface area contributed by atoms with E-state index < -0.39 is 0 Å². The Kier molecular flexibility index (Phi) is 4.00. The molecule has 0 spiro atoms. The van der Waals surface area contributed by atoms with E-state index in [0.29, 0.717) is 5.92 Å². The average molecular weight is 218 g/mol. The molecule has 0 heterocycles. The zero-order valence-electron chi connectivity index (χ0n) is 10.1. The van der Waals surface area contributed by atoms with Crippen LogP contribution in [0.1, 0.15) is 50.5 Å². The SMILES string of the molecule is CCC(c1ccccc1)C(O)CCC1CC1. The van der Waals surface area contributed by atoms with E-state index in [1.165, 1.54) is 24.8 Å². The quantitative estimate of drug-likeness (QED) is 0.771. The lowest BCUT2D eigenvalue weighted by molar-refractivity contribution is 0.127. The second-order valence-electron chi connectivity index (χ2n) is 5.01. The Morgan fingerprint density at radius 2 is 1.94 bits per heavy atom. The fourth-order valence-corrected chi connectivity index (χ4v) is 2.44. The lowest BCUT2D eigenvalue weighted by Crippen LogP contribution is -2.18. The van der Waals surface area contributed by atoms with Gasteiger partial charge < -0.3 is 5.11 Å². The van der Waals surface area contributed by atoms with Crippen molar-refractivity contribution in [2.45, 2.75) is 51.0 Å². The van der Waals surface area contributed by atoms with Crippen LogP contribution in [0, 0.1) is 5.92 Å². The Hall–Kier alpha value is -0.820. The molecule has 0 saturated heterocycles. The third-order valence-electron chi connectivity index (χ3n) is 3.70. The molecule has 1 aromatic rings. The molecular formula is C15H22O. The number of rotatable bonds is 6. The third-order valence-corrected chi connectivity index (χ3v) is 3.70. The van der Waals surface area contributed by atoms with Gasteiger partial charge in [-0.2, -0.15) is 0 Å². The van der Waals surface area contributed by atoms with Crippen molar-refractivity contribution in [1.29, 1.82) is 0 Å². The second kappa shape index (κ2) is 5.49. The molecule has 0 radical (unpaired) electrons. The summed E-state index contributed by atoms with van der Waals surface area (Å²) in [5.74, 6) is 1.24. The van der Waals surface area contributed by atoms with Gasteiger partial charge in [0.1, 0.15) is 0 Å². The largest absolute Gasteiger partial charge is 0.392 e. The molecule has 0 aliphatic heterocycles. The highest BCUT2D eigenvalue weighted by Gasteiger charge is 2.25. The second-order valence-corrected chi connectivity index (χ2v) is 5.01. The average Bonchev–Trinajstić information content (AvgIpc) is 3.13. The summed E-state index contributed by atoms with van der Waals surface area (Å²) >= 11 is 0. The Morgan fingerprint density at radius 1 is 1.25 bits per heavy atom. The van der Waals surface area contributed by atoms with E-state index in [4.69, 9.17) is 0 Å². The predicted octanol–water partition coefficient (Wildman–Crippen LogP) is 3.73. The number of hydrogen-bond acceptors (Lipinski definition) is 1. The number of benzene rings is 1. The van der Waals surface area contributed by atoms with Crippen LogP contribution in [0.15, 0.2) is 30.3 Å². The summed E-state index contributed by atoms with van der Waals surface area (Å²) in [6.45, 7) is 2.16. The molecule has 1 aliphatic rings. The maximum atomic E-state index is 10.2. The van der Waals surface area contributed by atoms with Crippen molar-refractivity contribution < 1.29 is 5.11 Å². The van der Waals surface area contributed by atoms with Gasteiger partial charge in [0.25, 0.3) is 0 Å². The van der Waals surface area contributed by atoms with E-state index in [1.807, 2.05) is 6.07 Å². The van der Waals surface area contributed by atoms with Gasteiger partial charge in [-0.3, -0.25) is 0 Å². The molecule has 1 aliphatic carbocycles. The van der Waals surface area contributed by atoms with E-state index in [0.717, 1.165) is 18.8 Å². The van der Waals surface area contributed by atoms with Crippen molar-refractivity contribution >= 4 is 0 Å². The Bertz CT molecular complexity index is 302. The van der Waals surface area contributed by atoms with Crippen LogP contribution in [-0.4, -0.2) is 11.2 Å². The summed E-state index contributed by atoms with van der Waals surface area (Å²) in [5, 5.41) is 10.2. The van der Waals surface area contributed by atoms with Crippen molar-refractivity contribution in [3.63, 3.8) is 0 Å². The Balaban J connectivity index is 1.92. The monoisotopic (exact) mass is 218 g/mol. The first kappa shape index (κ1) is 11.7. The minimum atomic E-state index is -0.159. The molecule has 0 bridgehead atoms. The van der Waals surface area contributed by atoms with Gasteiger partial charge in [-0.1, -0.05) is 50.1 Å². The normalized spacial score (nSPS) is 19.4. The molecule has 16 heavy (non-hydrogen) atoms. The van der Waals surface area contributed by atoms with Crippen molar-refractivity contribution in [2.24, 2.45) is 5.92 Å². The van der Waals surface area contributed by atoms with E-state index in [-0.39, 0.29) is 6.10 Å². The highest BCUT2D eigenvalue weighted by atomic mass is 16.3. The summed E-state index contributed by atoms with van der Waals surface area (Å²) in [7, 11) is 0. The van der Waals surface area contributed by atoms with Crippen LogP contribution in [0.5, 0.6) is 0 Å². The van der Waals surface area contributed by atoms with Crippen LogP contribution in [0.25, 0.3) is 0 Å². The lowest BCUT2D eigenvalue weighted by Gasteiger charge is -2.22. The van der Waals surface area contributed by atoms with Crippen LogP contribution in [0.3, 0.4) is 0 Å². The van der Waals surface area contributed by atoms with Crippen molar-refractivity contribution in [1.82, 2.24) is 0 Å². The smallest absolute Gasteiger partial charge is 0.0608 e. The number of aliphatic hydroxyl groups excluding tert-OH is 1. The highest BCUT2D eigenvalue weighted by Crippen LogP contribution is 2.36. The van der Waals surface area contributed by atoms with Gasteiger partial charge in [0.05, 0.1) is 6.10 Å². The standard InChI is InChI=1S/C15H22O/c1-2-14(13-6-4-3-5-7-13)15(16)11-10-12-8-9-12/h3-7,12,14-16H,2,8-11H2,1H3. The molecule has 1 heteroatoms. The summed E-state index contributed by atoms with van der Waals surface area (Å²) < 4.78 is 0. The van der Waals surface area contributed by atoms with E-state index >= 15 is 0 Å².